The van der Waals surface area contributed by atoms with Crippen LogP contribution in [0.5, 0.6) is 0 Å². The highest BCUT2D eigenvalue weighted by Gasteiger charge is 2.25. The van der Waals surface area contributed by atoms with Crippen LogP contribution in [0.15, 0.2) is 41.8 Å². The Hall–Kier alpha value is -1.89. The monoisotopic (exact) mass is 419 g/mol. The molecular formula is C21H26ClN3O2S. The van der Waals surface area contributed by atoms with Crippen molar-refractivity contribution in [2.45, 2.75) is 25.8 Å². The van der Waals surface area contributed by atoms with Gasteiger partial charge in [0.15, 0.2) is 0 Å². The van der Waals surface area contributed by atoms with Crippen LogP contribution in [0.25, 0.3) is 0 Å². The Morgan fingerprint density at radius 1 is 1.18 bits per heavy atom. The second-order valence-corrected chi connectivity index (χ2v) is 8.60. The van der Waals surface area contributed by atoms with E-state index in [9.17, 15) is 9.59 Å². The summed E-state index contributed by atoms with van der Waals surface area (Å²) in [4.78, 5) is 28.2. The van der Waals surface area contributed by atoms with Gasteiger partial charge in [0.2, 0.25) is 5.91 Å². The molecular weight excluding hydrogens is 394 g/mol. The molecule has 1 saturated heterocycles. The maximum atomic E-state index is 12.3. The summed E-state index contributed by atoms with van der Waals surface area (Å²) < 4.78 is 0. The lowest BCUT2D eigenvalue weighted by atomic mass is 9.97. The van der Waals surface area contributed by atoms with E-state index >= 15 is 0 Å². The molecule has 0 bridgehead atoms. The van der Waals surface area contributed by atoms with Crippen LogP contribution in [0.2, 0.25) is 5.02 Å². The molecule has 28 heavy (non-hydrogen) atoms. The molecule has 2 heterocycles. The number of rotatable bonds is 7. The number of likely N-dealkylation sites (tertiary alicyclic amines) is 1. The fourth-order valence-electron chi connectivity index (χ4n) is 3.40. The van der Waals surface area contributed by atoms with Crippen molar-refractivity contribution >= 4 is 34.8 Å². The van der Waals surface area contributed by atoms with Gasteiger partial charge < -0.3 is 10.6 Å². The molecule has 1 fully saturated rings. The molecule has 1 aliphatic heterocycles. The van der Waals surface area contributed by atoms with Crippen molar-refractivity contribution in [2.75, 3.05) is 26.2 Å². The zero-order valence-electron chi connectivity index (χ0n) is 16.0. The topological polar surface area (TPSA) is 61.4 Å². The molecule has 0 saturated carbocycles. The van der Waals surface area contributed by atoms with Crippen molar-refractivity contribution in [1.82, 2.24) is 15.5 Å². The predicted molar refractivity (Wildman–Crippen MR) is 114 cm³/mol. The van der Waals surface area contributed by atoms with E-state index in [1.807, 2.05) is 6.07 Å². The first kappa shape index (κ1) is 20.8. The summed E-state index contributed by atoms with van der Waals surface area (Å²) in [5.74, 6) is 0.211. The molecule has 2 aromatic rings. The van der Waals surface area contributed by atoms with Crippen molar-refractivity contribution in [3.05, 3.63) is 57.2 Å². The zero-order chi connectivity index (χ0) is 19.9. The highest BCUT2D eigenvalue weighted by Crippen LogP contribution is 2.29. The minimum absolute atomic E-state index is 0.0712. The molecule has 3 rings (SSSR count). The number of hydrogen-bond donors (Lipinski definition) is 2. The van der Waals surface area contributed by atoms with Crippen LogP contribution in [-0.2, 0) is 4.79 Å². The zero-order valence-corrected chi connectivity index (χ0v) is 17.6. The first-order valence-corrected chi connectivity index (χ1v) is 10.9. The second kappa shape index (κ2) is 10.0. The summed E-state index contributed by atoms with van der Waals surface area (Å²) >= 11 is 7.74. The molecule has 5 nitrogen and oxygen atoms in total. The predicted octanol–water partition coefficient (Wildman–Crippen LogP) is 3.72. The number of nitrogens with one attached hydrogen (secondary N) is 2. The van der Waals surface area contributed by atoms with Gasteiger partial charge in [-0.2, -0.15) is 0 Å². The molecule has 1 aromatic carbocycles. The van der Waals surface area contributed by atoms with Crippen molar-refractivity contribution in [3.8, 4) is 0 Å². The Morgan fingerprint density at radius 2 is 1.93 bits per heavy atom. The van der Waals surface area contributed by atoms with E-state index < -0.39 is 0 Å². The number of carbonyl (C=O) groups excluding carboxylic acids is 2. The van der Waals surface area contributed by atoms with Crippen molar-refractivity contribution in [1.29, 1.82) is 0 Å². The van der Waals surface area contributed by atoms with Gasteiger partial charge in [-0.25, -0.2) is 0 Å². The second-order valence-electron chi connectivity index (χ2n) is 7.22. The molecule has 0 radical (unpaired) electrons. The fraction of sp³-hybridized carbons (Fsp3) is 0.429. The summed E-state index contributed by atoms with van der Waals surface area (Å²) in [6.07, 6.45) is 2.37. The van der Waals surface area contributed by atoms with Crippen molar-refractivity contribution in [3.63, 3.8) is 0 Å². The number of benzene rings is 1. The SMILES string of the molecule is CC1CCN(C(CNC(=O)CNC(=O)c2ccccc2Cl)c2cccs2)CC1. The van der Waals surface area contributed by atoms with Crippen LogP contribution < -0.4 is 10.6 Å². The van der Waals surface area contributed by atoms with E-state index in [0.29, 0.717) is 17.1 Å². The number of carbonyl (C=O) groups is 2. The number of hydrogen-bond acceptors (Lipinski definition) is 4. The first-order chi connectivity index (χ1) is 13.5. The average Bonchev–Trinajstić information content (AvgIpc) is 3.22. The van der Waals surface area contributed by atoms with Gasteiger partial charge in [0, 0.05) is 11.4 Å². The van der Waals surface area contributed by atoms with E-state index in [2.05, 4.69) is 33.9 Å². The minimum Gasteiger partial charge on any atom is -0.353 e. The quantitative estimate of drug-likeness (QED) is 0.719. The molecule has 150 valence electrons. The Kier molecular flexibility index (Phi) is 7.48. The smallest absolute Gasteiger partial charge is 0.253 e. The van der Waals surface area contributed by atoms with Crippen LogP contribution in [-0.4, -0.2) is 42.9 Å². The molecule has 2 N–H and O–H groups in total. The summed E-state index contributed by atoms with van der Waals surface area (Å²) in [6, 6.07) is 11.1. The van der Waals surface area contributed by atoms with E-state index in [4.69, 9.17) is 11.6 Å². The third-order valence-corrected chi connectivity index (χ3v) is 6.45. The number of thiophene rings is 1. The molecule has 7 heteroatoms. The maximum Gasteiger partial charge on any atom is 0.253 e. The van der Waals surface area contributed by atoms with E-state index in [-0.39, 0.29) is 24.4 Å². The minimum atomic E-state index is -0.347. The standard InChI is InChI=1S/C21H26ClN3O2S/c1-15-8-10-25(11-9-15)18(19-7-4-12-28-19)13-23-20(26)14-24-21(27)16-5-2-3-6-17(16)22/h2-7,12,15,18H,8-11,13-14H2,1H3,(H,23,26)(H,24,27). The Morgan fingerprint density at radius 3 is 2.61 bits per heavy atom. The van der Waals surface area contributed by atoms with E-state index in [0.717, 1.165) is 19.0 Å². The highest BCUT2D eigenvalue weighted by atomic mass is 35.5. The summed E-state index contributed by atoms with van der Waals surface area (Å²) in [5.41, 5.74) is 0.371. The van der Waals surface area contributed by atoms with Gasteiger partial charge in [-0.1, -0.05) is 36.7 Å². The van der Waals surface area contributed by atoms with Crippen LogP contribution in [0, 0.1) is 5.92 Å². The number of nitrogens with zero attached hydrogens (tertiary/aromatic N) is 1. The molecule has 1 aliphatic rings. The lowest BCUT2D eigenvalue weighted by Gasteiger charge is -2.36. The fourth-order valence-corrected chi connectivity index (χ4v) is 4.49. The number of piperidine rings is 1. The van der Waals surface area contributed by atoms with Gasteiger partial charge in [0.1, 0.15) is 0 Å². The lowest BCUT2D eigenvalue weighted by Crippen LogP contribution is -2.44. The molecule has 0 spiro atoms. The number of halogens is 1. The molecule has 0 aliphatic carbocycles. The summed E-state index contributed by atoms with van der Waals surface area (Å²) in [6.45, 7) is 4.85. The summed E-state index contributed by atoms with van der Waals surface area (Å²) in [5, 5.41) is 8.06. The van der Waals surface area contributed by atoms with Gasteiger partial charge in [0.25, 0.3) is 5.91 Å². The van der Waals surface area contributed by atoms with Gasteiger partial charge >= 0.3 is 0 Å². The Labute approximate surface area is 175 Å². The van der Waals surface area contributed by atoms with Crippen LogP contribution in [0.1, 0.15) is 41.0 Å². The number of amides is 2. The van der Waals surface area contributed by atoms with Gasteiger partial charge in [-0.3, -0.25) is 14.5 Å². The van der Waals surface area contributed by atoms with Crippen LogP contribution >= 0.6 is 22.9 Å². The third kappa shape index (κ3) is 5.56. The lowest BCUT2D eigenvalue weighted by molar-refractivity contribution is -0.120. The average molecular weight is 420 g/mol. The highest BCUT2D eigenvalue weighted by molar-refractivity contribution is 7.10. The van der Waals surface area contributed by atoms with Gasteiger partial charge in [-0.15, -0.1) is 11.3 Å². The van der Waals surface area contributed by atoms with E-state index in [1.165, 1.54) is 17.7 Å². The maximum absolute atomic E-state index is 12.3. The van der Waals surface area contributed by atoms with Gasteiger partial charge in [0.05, 0.1) is 23.2 Å². The third-order valence-electron chi connectivity index (χ3n) is 5.15. The molecule has 1 atom stereocenters. The normalized spacial score (nSPS) is 16.5. The largest absolute Gasteiger partial charge is 0.353 e. The van der Waals surface area contributed by atoms with Crippen LogP contribution in [0.3, 0.4) is 0 Å². The molecule has 2 amide bonds. The summed E-state index contributed by atoms with van der Waals surface area (Å²) in [7, 11) is 0. The molecule has 1 aromatic heterocycles. The first-order valence-electron chi connectivity index (χ1n) is 9.61. The van der Waals surface area contributed by atoms with Gasteiger partial charge in [-0.05, 0) is 55.4 Å². The Bertz CT molecular complexity index is 789. The van der Waals surface area contributed by atoms with E-state index in [1.54, 1.807) is 35.6 Å². The van der Waals surface area contributed by atoms with Crippen molar-refractivity contribution < 1.29 is 9.59 Å². The van der Waals surface area contributed by atoms with Crippen LogP contribution in [0.4, 0.5) is 0 Å². The Balaban J connectivity index is 1.52. The van der Waals surface area contributed by atoms with Crippen molar-refractivity contribution in [2.24, 2.45) is 5.92 Å². The molecule has 1 unspecified atom stereocenters.